The smallest absolute Gasteiger partial charge is 0.145 e. The lowest BCUT2D eigenvalue weighted by Gasteiger charge is -2.23. The van der Waals surface area contributed by atoms with Gasteiger partial charge in [-0.05, 0) is 30.7 Å². The monoisotopic (exact) mass is 349 g/mol. The van der Waals surface area contributed by atoms with E-state index in [1.807, 2.05) is 12.1 Å². The first-order chi connectivity index (χ1) is 12.8. The van der Waals surface area contributed by atoms with Gasteiger partial charge in [-0.25, -0.2) is 9.97 Å². The molecule has 0 bridgehead atoms. The summed E-state index contributed by atoms with van der Waals surface area (Å²) in [5, 5.41) is 4.55. The fourth-order valence-corrected chi connectivity index (χ4v) is 3.62. The first kappa shape index (κ1) is 16.7. The standard InChI is InChI=1S/C20H23N5O/c1-25(20-16-7-10-21-11-8-17(16)23-13-24-20)12-14-5-6-18(26-2)19-15(14)4-3-9-22-19/h3-6,9,13,21H,7-8,10-12H2,1-2H3. The van der Waals surface area contributed by atoms with Crippen LogP contribution in [0.5, 0.6) is 5.75 Å². The van der Waals surface area contributed by atoms with Crippen molar-refractivity contribution >= 4 is 16.7 Å². The van der Waals surface area contributed by atoms with Crippen LogP contribution < -0.4 is 15.0 Å². The molecule has 0 amide bonds. The number of fused-ring (bicyclic) bond motifs is 2. The molecule has 0 radical (unpaired) electrons. The fraction of sp³-hybridized carbons (Fsp3) is 0.350. The maximum Gasteiger partial charge on any atom is 0.145 e. The molecule has 0 saturated heterocycles. The van der Waals surface area contributed by atoms with Gasteiger partial charge in [0.25, 0.3) is 0 Å². The van der Waals surface area contributed by atoms with Gasteiger partial charge >= 0.3 is 0 Å². The van der Waals surface area contributed by atoms with E-state index in [1.54, 1.807) is 19.6 Å². The third-order valence-electron chi connectivity index (χ3n) is 4.91. The topological polar surface area (TPSA) is 63.2 Å². The number of ether oxygens (including phenoxy) is 1. The maximum absolute atomic E-state index is 5.46. The molecule has 1 N–H and O–H groups in total. The Morgan fingerprint density at radius 3 is 2.88 bits per heavy atom. The molecule has 0 saturated carbocycles. The zero-order valence-corrected chi connectivity index (χ0v) is 15.2. The molecule has 3 heterocycles. The van der Waals surface area contributed by atoms with Crippen LogP contribution in [-0.2, 0) is 19.4 Å². The molecule has 2 aromatic heterocycles. The van der Waals surface area contributed by atoms with Crippen LogP contribution in [0.25, 0.3) is 10.9 Å². The number of rotatable bonds is 4. The van der Waals surface area contributed by atoms with Crippen LogP contribution in [0.2, 0.25) is 0 Å². The molecule has 3 aromatic rings. The average molecular weight is 349 g/mol. The van der Waals surface area contributed by atoms with E-state index in [9.17, 15) is 0 Å². The van der Waals surface area contributed by atoms with Crippen molar-refractivity contribution in [2.45, 2.75) is 19.4 Å². The molecule has 0 aliphatic carbocycles. The molecule has 0 atom stereocenters. The van der Waals surface area contributed by atoms with Crippen molar-refractivity contribution in [2.75, 3.05) is 32.1 Å². The molecular formula is C20H23N5O. The van der Waals surface area contributed by atoms with E-state index in [0.717, 1.165) is 60.6 Å². The highest BCUT2D eigenvalue weighted by Crippen LogP contribution is 2.29. The number of methoxy groups -OCH3 is 1. The molecule has 1 aliphatic heterocycles. The predicted molar refractivity (Wildman–Crippen MR) is 103 cm³/mol. The third kappa shape index (κ3) is 3.08. The second-order valence-electron chi connectivity index (χ2n) is 6.56. The highest BCUT2D eigenvalue weighted by molar-refractivity contribution is 5.87. The average Bonchev–Trinajstić information content (AvgIpc) is 2.93. The summed E-state index contributed by atoms with van der Waals surface area (Å²) < 4.78 is 5.46. The number of benzene rings is 1. The van der Waals surface area contributed by atoms with Gasteiger partial charge in [-0.3, -0.25) is 4.98 Å². The Morgan fingerprint density at radius 1 is 1.12 bits per heavy atom. The van der Waals surface area contributed by atoms with Gasteiger partial charge in [0.15, 0.2) is 0 Å². The number of nitrogens with zero attached hydrogens (tertiary/aromatic N) is 4. The van der Waals surface area contributed by atoms with Crippen LogP contribution in [0.1, 0.15) is 16.8 Å². The minimum atomic E-state index is 0.753. The summed E-state index contributed by atoms with van der Waals surface area (Å²) in [5.41, 5.74) is 4.52. The Morgan fingerprint density at radius 2 is 2.00 bits per heavy atom. The minimum absolute atomic E-state index is 0.753. The molecule has 1 aliphatic rings. The summed E-state index contributed by atoms with van der Waals surface area (Å²) in [6.45, 7) is 2.70. The van der Waals surface area contributed by atoms with E-state index < -0.39 is 0 Å². The number of anilines is 1. The van der Waals surface area contributed by atoms with E-state index in [2.05, 4.69) is 44.3 Å². The second-order valence-corrected chi connectivity index (χ2v) is 6.56. The van der Waals surface area contributed by atoms with Gasteiger partial charge in [-0.1, -0.05) is 12.1 Å². The molecule has 0 fully saturated rings. The summed E-state index contributed by atoms with van der Waals surface area (Å²) in [4.78, 5) is 15.8. The lowest BCUT2D eigenvalue weighted by atomic mass is 10.1. The predicted octanol–water partition coefficient (Wildman–Crippen LogP) is 2.36. The van der Waals surface area contributed by atoms with Gasteiger partial charge in [0.2, 0.25) is 0 Å². The maximum atomic E-state index is 5.46. The molecule has 4 rings (SSSR count). The molecular weight excluding hydrogens is 326 g/mol. The van der Waals surface area contributed by atoms with Crippen LogP contribution in [0, 0.1) is 0 Å². The molecule has 26 heavy (non-hydrogen) atoms. The van der Waals surface area contributed by atoms with E-state index >= 15 is 0 Å². The summed E-state index contributed by atoms with van der Waals surface area (Å²) >= 11 is 0. The van der Waals surface area contributed by atoms with Gasteiger partial charge < -0.3 is 15.0 Å². The Hall–Kier alpha value is -2.73. The molecule has 134 valence electrons. The fourth-order valence-electron chi connectivity index (χ4n) is 3.62. The van der Waals surface area contributed by atoms with Gasteiger partial charge in [0.1, 0.15) is 23.4 Å². The zero-order chi connectivity index (χ0) is 17.9. The summed E-state index contributed by atoms with van der Waals surface area (Å²) in [5.74, 6) is 1.82. The minimum Gasteiger partial charge on any atom is -0.494 e. The molecule has 6 nitrogen and oxygen atoms in total. The quantitative estimate of drug-likeness (QED) is 0.780. The Labute approximate surface area is 153 Å². The molecule has 1 aromatic carbocycles. The van der Waals surface area contributed by atoms with Crippen molar-refractivity contribution in [3.8, 4) is 5.75 Å². The van der Waals surface area contributed by atoms with Crippen molar-refractivity contribution in [1.29, 1.82) is 0 Å². The number of aromatic nitrogens is 3. The first-order valence-corrected chi connectivity index (χ1v) is 8.93. The zero-order valence-electron chi connectivity index (χ0n) is 15.2. The summed E-state index contributed by atoms with van der Waals surface area (Å²) in [6.07, 6.45) is 5.40. The van der Waals surface area contributed by atoms with Gasteiger partial charge in [0.05, 0.1) is 12.8 Å². The van der Waals surface area contributed by atoms with E-state index in [1.165, 1.54) is 11.1 Å². The molecule has 0 unspecified atom stereocenters. The van der Waals surface area contributed by atoms with Gasteiger partial charge in [0, 0.05) is 43.7 Å². The lowest BCUT2D eigenvalue weighted by molar-refractivity contribution is 0.419. The van der Waals surface area contributed by atoms with Crippen molar-refractivity contribution in [1.82, 2.24) is 20.3 Å². The molecule has 6 heteroatoms. The van der Waals surface area contributed by atoms with Crippen molar-refractivity contribution in [2.24, 2.45) is 0 Å². The number of hydrogen-bond acceptors (Lipinski definition) is 6. The SMILES string of the molecule is COc1ccc(CN(C)c2ncnc3c2CCNCC3)c2cccnc12. The van der Waals surface area contributed by atoms with Gasteiger partial charge in [-0.2, -0.15) is 0 Å². The normalized spacial score (nSPS) is 13.9. The number of pyridine rings is 1. The first-order valence-electron chi connectivity index (χ1n) is 8.93. The van der Waals surface area contributed by atoms with Gasteiger partial charge in [-0.15, -0.1) is 0 Å². The Balaban J connectivity index is 1.70. The van der Waals surface area contributed by atoms with Crippen LogP contribution >= 0.6 is 0 Å². The molecule has 0 spiro atoms. The summed E-state index contributed by atoms with van der Waals surface area (Å²) in [7, 11) is 3.77. The largest absolute Gasteiger partial charge is 0.494 e. The highest BCUT2D eigenvalue weighted by Gasteiger charge is 2.18. The van der Waals surface area contributed by atoms with E-state index in [0.29, 0.717) is 0 Å². The van der Waals surface area contributed by atoms with Crippen molar-refractivity contribution in [3.63, 3.8) is 0 Å². The van der Waals surface area contributed by atoms with Crippen molar-refractivity contribution < 1.29 is 4.74 Å². The lowest BCUT2D eigenvalue weighted by Crippen LogP contribution is -2.21. The van der Waals surface area contributed by atoms with E-state index in [-0.39, 0.29) is 0 Å². The summed E-state index contributed by atoms with van der Waals surface area (Å²) in [6, 6.07) is 8.16. The van der Waals surface area contributed by atoms with Crippen LogP contribution in [0.4, 0.5) is 5.82 Å². The van der Waals surface area contributed by atoms with E-state index in [4.69, 9.17) is 4.74 Å². The van der Waals surface area contributed by atoms with Crippen molar-refractivity contribution in [3.05, 3.63) is 53.6 Å². The third-order valence-corrected chi connectivity index (χ3v) is 4.91. The van der Waals surface area contributed by atoms with Crippen LogP contribution in [0.3, 0.4) is 0 Å². The Bertz CT molecular complexity index is 927. The number of hydrogen-bond donors (Lipinski definition) is 1. The second kappa shape index (κ2) is 7.25. The Kier molecular flexibility index (Phi) is 4.67. The van der Waals surface area contributed by atoms with Crippen LogP contribution in [0.15, 0.2) is 36.8 Å². The highest BCUT2D eigenvalue weighted by atomic mass is 16.5. The van der Waals surface area contributed by atoms with Crippen LogP contribution in [-0.4, -0.2) is 42.2 Å². The number of nitrogens with one attached hydrogen (secondary N) is 1.